The maximum absolute atomic E-state index is 12.0. The fraction of sp³-hybridized carbons (Fsp3) is 0.211. The Bertz CT molecular complexity index is 979. The van der Waals surface area contributed by atoms with E-state index in [1.807, 2.05) is 0 Å². The second kappa shape index (κ2) is 11.3. The molecule has 162 valence electrons. The zero-order valence-corrected chi connectivity index (χ0v) is 20.0. The van der Waals surface area contributed by atoms with E-state index >= 15 is 0 Å². The number of hydrogen-bond donors (Lipinski definition) is 1. The molecule has 0 bridgehead atoms. The number of methoxy groups -OCH3 is 4. The summed E-state index contributed by atoms with van der Waals surface area (Å²) in [5, 5.41) is 9.77. The minimum absolute atomic E-state index is 0. The van der Waals surface area contributed by atoms with Crippen molar-refractivity contribution < 1.29 is 67.9 Å². The zero-order chi connectivity index (χ0) is 22.4. The first-order valence-electron chi connectivity index (χ1n) is 8.63. The molecule has 3 rings (SSSR count). The van der Waals surface area contributed by atoms with Crippen LogP contribution in [0.25, 0.3) is 0 Å². The Hall–Kier alpha value is -3.35. The normalized spacial score (nSPS) is 9.88. The van der Waals surface area contributed by atoms with Crippen LogP contribution in [0.4, 0.5) is 0 Å². The first kappa shape index (κ1) is 24.9. The van der Waals surface area contributed by atoms with Crippen molar-refractivity contribution >= 4 is 5.97 Å². The Kier molecular flexibility index (Phi) is 8.81. The summed E-state index contributed by atoms with van der Waals surface area (Å²) in [4.78, 5) is 28.1. The number of aromatic nitrogens is 4. The topological polar surface area (TPSA) is 144 Å². The van der Waals surface area contributed by atoms with Gasteiger partial charge in [-0.25, -0.2) is 4.79 Å². The van der Waals surface area contributed by atoms with Gasteiger partial charge in [-0.3, -0.25) is 0 Å². The Labute approximate surface area is 204 Å². The summed E-state index contributed by atoms with van der Waals surface area (Å²) >= 11 is 0. The number of carbonyl (C=O) groups is 1. The molecule has 0 aliphatic carbocycles. The molecule has 0 atom stereocenters. The van der Waals surface area contributed by atoms with Crippen LogP contribution < -0.4 is 58.0 Å². The molecule has 0 unspecified atom stereocenters. The second-order valence-corrected chi connectivity index (χ2v) is 5.61. The zero-order valence-electron chi connectivity index (χ0n) is 18.0. The molecule has 1 N–H and O–H groups in total. The SMILES string of the molecule is COc1cc(OC)nc(Oc2cccc(Oc3nc(OC)cc(OC)n3)c2C(=O)O)n1.[Na+]. The Morgan fingerprint density at radius 2 is 1.06 bits per heavy atom. The average molecular weight is 453 g/mol. The fourth-order valence-electron chi connectivity index (χ4n) is 2.37. The standard InChI is InChI=1S/C19H18N4O8.Na/c1-26-12-8-13(27-2)21-18(20-12)30-10-6-5-7-11(16(10)17(24)25)31-19-22-14(28-3)9-15(23-19)29-4;/h5-9H,1-4H3,(H,24,25);/q;+1. The second-order valence-electron chi connectivity index (χ2n) is 5.61. The molecule has 0 fully saturated rings. The molecule has 0 amide bonds. The van der Waals surface area contributed by atoms with Crippen molar-refractivity contribution in [1.29, 1.82) is 0 Å². The summed E-state index contributed by atoms with van der Waals surface area (Å²) < 4.78 is 31.4. The summed E-state index contributed by atoms with van der Waals surface area (Å²) in [6, 6.07) is 6.87. The van der Waals surface area contributed by atoms with Gasteiger partial charge in [0.2, 0.25) is 23.5 Å². The summed E-state index contributed by atoms with van der Waals surface area (Å²) in [5.41, 5.74) is -0.307. The Balaban J connectivity index is 0.00000363. The van der Waals surface area contributed by atoms with Crippen LogP contribution in [0, 0.1) is 0 Å². The molecule has 32 heavy (non-hydrogen) atoms. The molecular formula is C19H18N4NaO8+. The molecule has 0 saturated carbocycles. The van der Waals surface area contributed by atoms with Gasteiger partial charge in [-0.1, -0.05) is 6.07 Å². The molecule has 0 radical (unpaired) electrons. The largest absolute Gasteiger partial charge is 1.00 e. The van der Waals surface area contributed by atoms with E-state index in [9.17, 15) is 9.90 Å². The summed E-state index contributed by atoms with van der Waals surface area (Å²) in [6.07, 6.45) is 0. The van der Waals surface area contributed by atoms with Gasteiger partial charge in [0.1, 0.15) is 17.1 Å². The van der Waals surface area contributed by atoms with Crippen LogP contribution in [0.1, 0.15) is 10.4 Å². The molecule has 12 nitrogen and oxygen atoms in total. The third-order valence-corrected chi connectivity index (χ3v) is 3.76. The van der Waals surface area contributed by atoms with Crippen LogP contribution in [-0.2, 0) is 0 Å². The smallest absolute Gasteiger partial charge is 0.481 e. The quantitative estimate of drug-likeness (QED) is 0.420. The van der Waals surface area contributed by atoms with E-state index in [0.717, 1.165) is 0 Å². The van der Waals surface area contributed by atoms with E-state index in [2.05, 4.69) is 19.9 Å². The predicted octanol–water partition coefficient (Wildman–Crippen LogP) is -0.412. The van der Waals surface area contributed by atoms with Gasteiger partial charge in [0.15, 0.2) is 0 Å². The Morgan fingerprint density at radius 1 is 0.719 bits per heavy atom. The van der Waals surface area contributed by atoms with Gasteiger partial charge in [0.05, 0.1) is 40.6 Å². The predicted molar refractivity (Wildman–Crippen MR) is 104 cm³/mol. The van der Waals surface area contributed by atoms with Crippen LogP contribution in [0.2, 0.25) is 0 Å². The van der Waals surface area contributed by atoms with Crippen molar-refractivity contribution in [3.63, 3.8) is 0 Å². The average Bonchev–Trinajstić information content (AvgIpc) is 2.78. The number of rotatable bonds is 9. The molecule has 3 aromatic rings. The van der Waals surface area contributed by atoms with E-state index in [-0.39, 0.29) is 82.2 Å². The fourth-order valence-corrected chi connectivity index (χ4v) is 2.37. The van der Waals surface area contributed by atoms with Crippen LogP contribution in [0.5, 0.6) is 47.0 Å². The summed E-state index contributed by atoms with van der Waals surface area (Å²) in [7, 11) is 5.63. The van der Waals surface area contributed by atoms with E-state index < -0.39 is 5.97 Å². The first-order chi connectivity index (χ1) is 15.0. The van der Waals surface area contributed by atoms with Crippen molar-refractivity contribution in [2.24, 2.45) is 0 Å². The number of carboxylic acids is 1. The number of benzene rings is 1. The number of ether oxygens (including phenoxy) is 6. The van der Waals surface area contributed by atoms with Crippen molar-refractivity contribution in [2.45, 2.75) is 0 Å². The molecule has 0 spiro atoms. The number of nitrogens with zero attached hydrogens (tertiary/aromatic N) is 4. The number of aromatic carboxylic acids is 1. The van der Waals surface area contributed by atoms with Crippen LogP contribution >= 0.6 is 0 Å². The number of carboxylic acid groups (broad SMARTS) is 1. The van der Waals surface area contributed by atoms with Crippen LogP contribution in [0.15, 0.2) is 30.3 Å². The van der Waals surface area contributed by atoms with Gasteiger partial charge >= 0.3 is 47.5 Å². The van der Waals surface area contributed by atoms with Gasteiger partial charge in [-0.2, -0.15) is 19.9 Å². The molecule has 0 aliphatic heterocycles. The van der Waals surface area contributed by atoms with Gasteiger partial charge in [-0.15, -0.1) is 0 Å². The van der Waals surface area contributed by atoms with E-state index in [4.69, 9.17) is 28.4 Å². The molecule has 1 aromatic carbocycles. The third-order valence-electron chi connectivity index (χ3n) is 3.76. The molecule has 0 saturated heterocycles. The van der Waals surface area contributed by atoms with Gasteiger partial charge in [0, 0.05) is 0 Å². The van der Waals surface area contributed by atoms with Crippen molar-refractivity contribution in [1.82, 2.24) is 19.9 Å². The molecule has 13 heteroatoms. The molecule has 2 aromatic heterocycles. The van der Waals surface area contributed by atoms with Crippen LogP contribution in [-0.4, -0.2) is 59.5 Å². The van der Waals surface area contributed by atoms with Gasteiger partial charge in [-0.05, 0) is 12.1 Å². The van der Waals surface area contributed by atoms with Gasteiger partial charge in [0.25, 0.3) is 0 Å². The van der Waals surface area contributed by atoms with Crippen molar-refractivity contribution in [3.8, 4) is 47.0 Å². The number of hydrogen-bond acceptors (Lipinski definition) is 11. The maximum atomic E-state index is 12.0. The molecule has 0 aliphatic rings. The molecule has 2 heterocycles. The van der Waals surface area contributed by atoms with E-state index in [0.29, 0.717) is 0 Å². The summed E-state index contributed by atoms with van der Waals surface area (Å²) in [5.74, 6) is -0.822. The molecular weight excluding hydrogens is 435 g/mol. The third kappa shape index (κ3) is 5.87. The minimum Gasteiger partial charge on any atom is -0.481 e. The summed E-state index contributed by atoms with van der Waals surface area (Å²) in [6.45, 7) is 0. The monoisotopic (exact) mass is 453 g/mol. The minimum atomic E-state index is -1.32. The Morgan fingerprint density at radius 3 is 1.34 bits per heavy atom. The van der Waals surface area contributed by atoms with E-state index in [1.165, 1.54) is 58.8 Å². The van der Waals surface area contributed by atoms with E-state index in [1.54, 1.807) is 0 Å². The van der Waals surface area contributed by atoms with Crippen molar-refractivity contribution in [2.75, 3.05) is 28.4 Å². The van der Waals surface area contributed by atoms with Gasteiger partial charge < -0.3 is 33.5 Å². The van der Waals surface area contributed by atoms with Crippen molar-refractivity contribution in [3.05, 3.63) is 35.9 Å². The van der Waals surface area contributed by atoms with Crippen LogP contribution in [0.3, 0.4) is 0 Å². The maximum Gasteiger partial charge on any atom is 1.00 e. The first-order valence-corrected chi connectivity index (χ1v) is 8.63.